The molecule has 1 aromatic heterocycles. The molecule has 1 aromatic rings. The van der Waals surface area contributed by atoms with Crippen molar-refractivity contribution in [3.63, 3.8) is 0 Å². The molecule has 0 unspecified atom stereocenters. The van der Waals surface area contributed by atoms with Crippen LogP contribution < -0.4 is 17.0 Å². The van der Waals surface area contributed by atoms with Crippen molar-refractivity contribution in [3.8, 4) is 0 Å². The molecule has 1 saturated carbocycles. The number of carboxylic acids is 1. The third kappa shape index (κ3) is 3.86. The second-order valence-electron chi connectivity index (χ2n) is 5.78. The minimum absolute atomic E-state index is 0.271. The van der Waals surface area contributed by atoms with Crippen LogP contribution in [0.25, 0.3) is 0 Å². The Morgan fingerprint density at radius 2 is 2.13 bits per heavy atom. The molecule has 0 aliphatic heterocycles. The van der Waals surface area contributed by atoms with Crippen LogP contribution in [0.3, 0.4) is 0 Å². The highest BCUT2D eigenvalue weighted by molar-refractivity contribution is 5.81. The molecule has 1 aliphatic carbocycles. The molecular weight excluding hydrogens is 304 g/mol. The zero-order valence-electron chi connectivity index (χ0n) is 12.8. The first-order chi connectivity index (χ1) is 10.8. The molecule has 23 heavy (non-hydrogen) atoms. The Labute approximate surface area is 131 Å². The molecule has 1 fully saturated rings. The SMILES string of the molecule is Cc1cn(CC(=O)N(CC(=O)O)[C@H]2CCC[C@@H]2N)c(=O)[nH]c1=O. The maximum Gasteiger partial charge on any atom is 0.328 e. The number of nitrogens with two attached hydrogens (primary N) is 1. The average molecular weight is 324 g/mol. The van der Waals surface area contributed by atoms with Crippen LogP contribution in [-0.2, 0) is 16.1 Å². The second-order valence-corrected chi connectivity index (χ2v) is 5.78. The lowest BCUT2D eigenvalue weighted by molar-refractivity contribution is -0.146. The molecule has 1 aliphatic rings. The van der Waals surface area contributed by atoms with Crippen molar-refractivity contribution < 1.29 is 14.7 Å². The number of nitrogens with zero attached hydrogens (tertiary/aromatic N) is 2. The van der Waals surface area contributed by atoms with Gasteiger partial charge in [0.25, 0.3) is 5.56 Å². The molecule has 1 heterocycles. The maximum atomic E-state index is 12.5. The quantitative estimate of drug-likeness (QED) is 0.611. The summed E-state index contributed by atoms with van der Waals surface area (Å²) in [6.45, 7) is 0.711. The number of rotatable bonds is 5. The molecule has 4 N–H and O–H groups in total. The number of hydrogen-bond donors (Lipinski definition) is 3. The summed E-state index contributed by atoms with van der Waals surface area (Å²) in [6.07, 6.45) is 3.48. The van der Waals surface area contributed by atoms with E-state index in [2.05, 4.69) is 4.98 Å². The van der Waals surface area contributed by atoms with Gasteiger partial charge in [-0.2, -0.15) is 0 Å². The van der Waals surface area contributed by atoms with Gasteiger partial charge in [0, 0.05) is 23.8 Å². The lowest BCUT2D eigenvalue weighted by atomic mass is 10.1. The van der Waals surface area contributed by atoms with Gasteiger partial charge in [-0.1, -0.05) is 0 Å². The number of aliphatic carboxylic acids is 1. The Morgan fingerprint density at radius 1 is 1.43 bits per heavy atom. The molecule has 9 heteroatoms. The van der Waals surface area contributed by atoms with E-state index in [1.54, 1.807) is 0 Å². The predicted molar refractivity (Wildman–Crippen MR) is 81.0 cm³/mol. The fraction of sp³-hybridized carbons (Fsp3) is 0.571. The highest BCUT2D eigenvalue weighted by Crippen LogP contribution is 2.23. The van der Waals surface area contributed by atoms with Crippen molar-refractivity contribution >= 4 is 11.9 Å². The fourth-order valence-electron chi connectivity index (χ4n) is 2.86. The zero-order chi connectivity index (χ0) is 17.1. The van der Waals surface area contributed by atoms with E-state index in [-0.39, 0.29) is 18.6 Å². The Morgan fingerprint density at radius 3 is 2.70 bits per heavy atom. The number of aryl methyl sites for hydroxylation is 1. The van der Waals surface area contributed by atoms with Gasteiger partial charge < -0.3 is 15.7 Å². The van der Waals surface area contributed by atoms with Crippen LogP contribution in [0.2, 0.25) is 0 Å². The van der Waals surface area contributed by atoms with Crippen molar-refractivity contribution in [1.82, 2.24) is 14.5 Å². The first-order valence-corrected chi connectivity index (χ1v) is 7.37. The normalized spacial score (nSPS) is 20.4. The minimum Gasteiger partial charge on any atom is -0.480 e. The molecule has 9 nitrogen and oxygen atoms in total. The predicted octanol–water partition coefficient (Wildman–Crippen LogP) is -1.36. The smallest absolute Gasteiger partial charge is 0.328 e. The summed E-state index contributed by atoms with van der Waals surface area (Å²) in [5, 5.41) is 9.03. The number of H-pyrrole nitrogens is 1. The molecule has 0 saturated heterocycles. The summed E-state index contributed by atoms with van der Waals surface area (Å²) in [7, 11) is 0. The number of hydrogen-bond acceptors (Lipinski definition) is 5. The lowest BCUT2D eigenvalue weighted by Gasteiger charge is -2.30. The van der Waals surface area contributed by atoms with E-state index in [1.807, 2.05) is 0 Å². The van der Waals surface area contributed by atoms with Gasteiger partial charge in [-0.05, 0) is 26.2 Å². The third-order valence-corrected chi connectivity index (χ3v) is 4.05. The molecule has 2 rings (SSSR count). The highest BCUT2D eigenvalue weighted by atomic mass is 16.4. The van der Waals surface area contributed by atoms with Crippen molar-refractivity contribution in [2.24, 2.45) is 5.73 Å². The first kappa shape index (κ1) is 16.9. The number of carbonyl (C=O) groups is 2. The number of carboxylic acid groups (broad SMARTS) is 1. The fourth-order valence-corrected chi connectivity index (χ4v) is 2.86. The van der Waals surface area contributed by atoms with Crippen molar-refractivity contribution in [2.75, 3.05) is 6.54 Å². The van der Waals surface area contributed by atoms with Crippen LogP contribution in [-0.4, -0.2) is 50.1 Å². The molecule has 0 radical (unpaired) electrons. The van der Waals surface area contributed by atoms with Gasteiger partial charge in [0.2, 0.25) is 5.91 Å². The van der Waals surface area contributed by atoms with Crippen molar-refractivity contribution in [1.29, 1.82) is 0 Å². The van der Waals surface area contributed by atoms with E-state index >= 15 is 0 Å². The Bertz CT molecular complexity index is 723. The molecule has 2 atom stereocenters. The summed E-state index contributed by atoms with van der Waals surface area (Å²) in [5.74, 6) is -1.65. The third-order valence-electron chi connectivity index (χ3n) is 4.05. The molecule has 0 spiro atoms. The number of aromatic amines is 1. The number of aromatic nitrogens is 2. The molecule has 0 aromatic carbocycles. The van der Waals surface area contributed by atoms with Crippen LogP contribution in [0, 0.1) is 6.92 Å². The van der Waals surface area contributed by atoms with Crippen LogP contribution in [0.4, 0.5) is 0 Å². The van der Waals surface area contributed by atoms with E-state index in [1.165, 1.54) is 18.0 Å². The maximum absolute atomic E-state index is 12.5. The molecule has 0 bridgehead atoms. The van der Waals surface area contributed by atoms with Gasteiger partial charge in [-0.3, -0.25) is 23.9 Å². The van der Waals surface area contributed by atoms with Crippen LogP contribution in [0.15, 0.2) is 15.8 Å². The van der Waals surface area contributed by atoms with E-state index in [9.17, 15) is 19.2 Å². The monoisotopic (exact) mass is 324 g/mol. The van der Waals surface area contributed by atoms with Crippen molar-refractivity contribution in [2.45, 2.75) is 44.8 Å². The topological polar surface area (TPSA) is 138 Å². The van der Waals surface area contributed by atoms with Crippen LogP contribution in [0.1, 0.15) is 24.8 Å². The van der Waals surface area contributed by atoms with Gasteiger partial charge in [-0.15, -0.1) is 0 Å². The van der Waals surface area contributed by atoms with Crippen LogP contribution in [0.5, 0.6) is 0 Å². The van der Waals surface area contributed by atoms with E-state index in [0.29, 0.717) is 12.0 Å². The number of nitrogens with one attached hydrogen (secondary N) is 1. The Balaban J connectivity index is 2.24. The van der Waals surface area contributed by atoms with Gasteiger partial charge in [0.05, 0.1) is 0 Å². The average Bonchev–Trinajstić information content (AvgIpc) is 2.87. The summed E-state index contributed by atoms with van der Waals surface area (Å²) < 4.78 is 1.06. The van der Waals surface area contributed by atoms with Crippen LogP contribution >= 0.6 is 0 Å². The van der Waals surface area contributed by atoms with E-state index in [4.69, 9.17) is 10.8 Å². The van der Waals surface area contributed by atoms with Crippen molar-refractivity contribution in [3.05, 3.63) is 32.6 Å². The number of amides is 1. The van der Waals surface area contributed by atoms with E-state index < -0.39 is 29.7 Å². The van der Waals surface area contributed by atoms with Gasteiger partial charge in [-0.25, -0.2) is 4.79 Å². The molecule has 126 valence electrons. The highest BCUT2D eigenvalue weighted by Gasteiger charge is 2.33. The minimum atomic E-state index is -1.14. The van der Waals surface area contributed by atoms with Gasteiger partial charge >= 0.3 is 11.7 Å². The largest absolute Gasteiger partial charge is 0.480 e. The zero-order valence-corrected chi connectivity index (χ0v) is 12.8. The van der Waals surface area contributed by atoms with E-state index in [0.717, 1.165) is 17.4 Å². The summed E-state index contributed by atoms with van der Waals surface area (Å²) in [5.41, 5.74) is 5.03. The lowest BCUT2D eigenvalue weighted by Crippen LogP contribution is -2.51. The summed E-state index contributed by atoms with van der Waals surface area (Å²) >= 11 is 0. The summed E-state index contributed by atoms with van der Waals surface area (Å²) in [4.78, 5) is 50.0. The second kappa shape index (κ2) is 6.78. The summed E-state index contributed by atoms with van der Waals surface area (Å²) in [6, 6.07) is -0.620. The number of carbonyl (C=O) groups excluding carboxylic acids is 1. The molecule has 1 amide bonds. The van der Waals surface area contributed by atoms with Gasteiger partial charge in [0.15, 0.2) is 0 Å². The Kier molecular flexibility index (Phi) is 4.99. The Hall–Kier alpha value is -2.42. The first-order valence-electron chi connectivity index (χ1n) is 7.37. The molecular formula is C14H20N4O5. The standard InChI is InChI=1S/C14H20N4O5/c1-8-5-17(14(23)16-13(8)22)6-11(19)18(7-12(20)21)10-4-2-3-9(10)15/h5,9-10H,2-4,6-7,15H2,1H3,(H,20,21)(H,16,22,23)/t9-,10-/m0/s1. The van der Waals surface area contributed by atoms with Gasteiger partial charge in [0.1, 0.15) is 13.1 Å².